The number of ether oxygens (including phenoxy) is 1. The third kappa shape index (κ3) is 8.09. The first-order chi connectivity index (χ1) is 25.8. The lowest BCUT2D eigenvalue weighted by Gasteiger charge is -2.27. The molecule has 1 aromatic carbocycles. The number of piperidine rings is 1. The molecular weight excluding hydrogens is 758 g/mol. The fraction of sp³-hybridized carbons (Fsp3) is 0.395. The van der Waals surface area contributed by atoms with Crippen molar-refractivity contribution in [2.24, 2.45) is 5.41 Å². The van der Waals surface area contributed by atoms with Crippen molar-refractivity contribution in [3.05, 3.63) is 76.6 Å². The summed E-state index contributed by atoms with van der Waals surface area (Å²) in [5.74, 6) is -0.823. The summed E-state index contributed by atoms with van der Waals surface area (Å²) in [6.45, 7) is 6.57. The van der Waals surface area contributed by atoms with Gasteiger partial charge < -0.3 is 25.6 Å². The first-order valence-electron chi connectivity index (χ1n) is 17.6. The number of allylic oxidation sites excluding steroid dienone is 1. The van der Waals surface area contributed by atoms with Gasteiger partial charge >= 0.3 is 0 Å². The molecule has 0 bridgehead atoms. The predicted octanol–water partition coefficient (Wildman–Crippen LogP) is 3.89. The van der Waals surface area contributed by atoms with Gasteiger partial charge in [0, 0.05) is 67.9 Å². The number of Topliss-reactive ketones (excluding diaryl/α,β-unsaturated/α-hetero) is 1. The number of rotatable bonds is 14. The monoisotopic (exact) mass is 799 g/mol. The average Bonchev–Trinajstić information content (AvgIpc) is 3.56. The van der Waals surface area contributed by atoms with Crippen molar-refractivity contribution in [1.82, 2.24) is 40.3 Å². The molecule has 6 rings (SSSR count). The van der Waals surface area contributed by atoms with E-state index in [0.717, 1.165) is 11.1 Å². The third-order valence-corrected chi connectivity index (χ3v) is 10.3. The maximum Gasteiger partial charge on any atom is 0.248 e. The van der Waals surface area contributed by atoms with Crippen LogP contribution >= 0.6 is 15.9 Å². The summed E-state index contributed by atoms with van der Waals surface area (Å²) in [7, 11) is 1.54. The number of benzene rings is 1. The van der Waals surface area contributed by atoms with Gasteiger partial charge in [-0.1, -0.05) is 24.3 Å². The maximum absolute atomic E-state index is 14.4. The quantitative estimate of drug-likeness (QED) is 0.0959. The van der Waals surface area contributed by atoms with Gasteiger partial charge in [-0.25, -0.2) is 15.0 Å². The molecule has 54 heavy (non-hydrogen) atoms. The molecule has 0 radical (unpaired) electrons. The molecule has 16 heteroatoms. The highest BCUT2D eigenvalue weighted by atomic mass is 79.9. The van der Waals surface area contributed by atoms with Crippen molar-refractivity contribution in [2.75, 3.05) is 19.0 Å². The number of carbonyl (C=O) groups is 5. The van der Waals surface area contributed by atoms with Crippen LogP contribution in [0.4, 0.5) is 5.82 Å². The normalized spacial score (nSPS) is 19.4. The van der Waals surface area contributed by atoms with Crippen molar-refractivity contribution in [3.8, 4) is 11.1 Å². The first-order valence-corrected chi connectivity index (χ1v) is 18.4. The molecular formula is C38H42BrN9O6. The molecule has 15 nitrogen and oxygen atoms in total. The highest BCUT2D eigenvalue weighted by Gasteiger charge is 2.67. The van der Waals surface area contributed by atoms with Crippen LogP contribution < -0.4 is 16.0 Å². The van der Waals surface area contributed by atoms with Crippen LogP contribution in [0.5, 0.6) is 0 Å². The van der Waals surface area contributed by atoms with Gasteiger partial charge in [-0.05, 0) is 72.8 Å². The maximum atomic E-state index is 14.4. The average molecular weight is 801 g/mol. The Morgan fingerprint density at radius 1 is 1.07 bits per heavy atom. The number of fused-ring (bicyclic) bond motifs is 2. The lowest BCUT2D eigenvalue weighted by Crippen LogP contribution is -2.47. The molecule has 4 heterocycles. The fourth-order valence-corrected chi connectivity index (χ4v) is 7.45. The highest BCUT2D eigenvalue weighted by molar-refractivity contribution is 9.10. The van der Waals surface area contributed by atoms with Crippen LogP contribution in [-0.4, -0.2) is 90.8 Å². The summed E-state index contributed by atoms with van der Waals surface area (Å²) >= 11 is 3.37. The van der Waals surface area contributed by atoms with Crippen LogP contribution in [0.2, 0.25) is 0 Å². The molecule has 2 fully saturated rings. The van der Waals surface area contributed by atoms with Crippen molar-refractivity contribution >= 4 is 62.1 Å². The van der Waals surface area contributed by atoms with Gasteiger partial charge in [0.05, 0.1) is 12.1 Å². The zero-order valence-corrected chi connectivity index (χ0v) is 32.3. The van der Waals surface area contributed by atoms with Gasteiger partial charge in [-0.2, -0.15) is 5.10 Å². The molecule has 1 saturated carbocycles. The van der Waals surface area contributed by atoms with E-state index in [1.807, 2.05) is 19.1 Å². The van der Waals surface area contributed by atoms with Crippen LogP contribution in [0.3, 0.4) is 0 Å². The predicted molar refractivity (Wildman–Crippen MR) is 203 cm³/mol. The Labute approximate surface area is 320 Å². The van der Waals surface area contributed by atoms with Crippen LogP contribution in [0.25, 0.3) is 22.0 Å². The molecule has 0 spiro atoms. The minimum Gasteiger partial charge on any atom is -0.380 e. The van der Waals surface area contributed by atoms with Crippen molar-refractivity contribution in [2.45, 2.75) is 78.2 Å². The molecule has 1 saturated heterocycles. The molecule has 1 aliphatic heterocycles. The van der Waals surface area contributed by atoms with E-state index < -0.39 is 23.4 Å². The molecule has 0 unspecified atom stereocenters. The second-order valence-corrected chi connectivity index (χ2v) is 14.6. The number of aryl methyl sites for hydroxylation is 1. The van der Waals surface area contributed by atoms with Crippen LogP contribution in [0.1, 0.15) is 61.9 Å². The summed E-state index contributed by atoms with van der Waals surface area (Å²) in [6, 6.07) is 7.00. The number of likely N-dealkylation sites (tertiary alicyclic amines) is 1. The number of hydrogen-bond acceptors (Lipinski definition) is 10. The Kier molecular flexibility index (Phi) is 11.3. The van der Waals surface area contributed by atoms with Crippen molar-refractivity contribution < 1.29 is 28.7 Å². The first kappa shape index (κ1) is 38.4. The van der Waals surface area contributed by atoms with Gasteiger partial charge in [0.2, 0.25) is 23.6 Å². The number of halogens is 1. The Bertz CT molecular complexity index is 2150. The molecule has 1 aliphatic carbocycles. The van der Waals surface area contributed by atoms with Crippen molar-refractivity contribution in [1.29, 1.82) is 0 Å². The van der Waals surface area contributed by atoms with Gasteiger partial charge in [0.15, 0.2) is 5.78 Å². The van der Waals surface area contributed by atoms with E-state index >= 15 is 0 Å². The Balaban J connectivity index is 1.29. The molecule has 4 amide bonds. The lowest BCUT2D eigenvalue weighted by molar-refractivity contribution is -0.138. The molecule has 2 aliphatic rings. The number of ketones is 1. The van der Waals surface area contributed by atoms with Gasteiger partial charge in [-0.3, -0.25) is 28.7 Å². The van der Waals surface area contributed by atoms with E-state index in [0.29, 0.717) is 45.6 Å². The smallest absolute Gasteiger partial charge is 0.248 e. The van der Waals surface area contributed by atoms with E-state index in [2.05, 4.69) is 51.9 Å². The molecule has 282 valence electrons. The number of nitrogens with zero attached hydrogens (tertiary/aromatic N) is 6. The standard InChI is InChI=1S/C38H42BrN9O6/c1-6-7-8-28(43-23(4)50)36(52)42-20-38-14-30(37(53)45-35-25(19-54-5)10-12-32(39)44-35)48(31(38)15-38)33(51)18-47-29-11-9-24(26-16-40-22(3)41-17-26)13-27(29)34(46-47)21(2)49/h6-7,9-13,16-17,28,30-31H,8,14-15,18-20H2,1-5H3,(H,42,52)(H,43,50)(H,44,45,53)/b7-6+/t28-,30-,31+,38-/m0/s1. The Hall–Kier alpha value is -5.35. The largest absolute Gasteiger partial charge is 0.380 e. The van der Waals surface area contributed by atoms with E-state index in [9.17, 15) is 24.0 Å². The number of nitrogens with one attached hydrogen (secondary N) is 3. The minimum absolute atomic E-state index is 0.199. The van der Waals surface area contributed by atoms with E-state index in [1.54, 1.807) is 61.7 Å². The molecule has 3 aromatic heterocycles. The second kappa shape index (κ2) is 15.9. The van der Waals surface area contributed by atoms with Crippen LogP contribution in [-0.2, 0) is 37.1 Å². The number of amides is 4. The topological polar surface area (TPSA) is 190 Å². The zero-order chi connectivity index (χ0) is 38.7. The van der Waals surface area contributed by atoms with E-state index in [1.165, 1.54) is 18.5 Å². The highest BCUT2D eigenvalue weighted by Crippen LogP contribution is 2.59. The molecule has 3 N–H and O–H groups in total. The number of anilines is 1. The van der Waals surface area contributed by atoms with Gasteiger partial charge in [0.25, 0.3) is 0 Å². The van der Waals surface area contributed by atoms with Crippen molar-refractivity contribution in [3.63, 3.8) is 0 Å². The number of aromatic nitrogens is 5. The lowest BCUT2D eigenvalue weighted by atomic mass is 9.98. The van der Waals surface area contributed by atoms with E-state index in [4.69, 9.17) is 4.74 Å². The minimum atomic E-state index is -0.902. The summed E-state index contributed by atoms with van der Waals surface area (Å²) < 4.78 is 7.32. The zero-order valence-electron chi connectivity index (χ0n) is 30.7. The number of methoxy groups -OCH3 is 1. The number of carbonyl (C=O) groups excluding carboxylic acids is 5. The fourth-order valence-electron chi connectivity index (χ4n) is 7.14. The van der Waals surface area contributed by atoms with Gasteiger partial charge in [-0.15, -0.1) is 0 Å². The van der Waals surface area contributed by atoms with E-state index in [-0.39, 0.29) is 61.4 Å². The third-order valence-electron chi connectivity index (χ3n) is 9.89. The summed E-state index contributed by atoms with van der Waals surface area (Å²) in [4.78, 5) is 81.0. The summed E-state index contributed by atoms with van der Waals surface area (Å²) in [6.07, 6.45) is 8.18. The molecule has 4 atom stereocenters. The number of pyridine rings is 1. The summed E-state index contributed by atoms with van der Waals surface area (Å²) in [5.41, 5.74) is 2.42. The Morgan fingerprint density at radius 3 is 2.52 bits per heavy atom. The van der Waals surface area contributed by atoms with Crippen LogP contribution in [0, 0.1) is 12.3 Å². The molecule has 4 aromatic rings. The van der Waals surface area contributed by atoms with Gasteiger partial charge in [0.1, 0.15) is 40.6 Å². The SMILES string of the molecule is C/C=C/C[C@H](NC(C)=O)C(=O)NC[C@@]12C[C@@H](C(=O)Nc3nc(Br)ccc3COC)N(C(=O)Cn3nc(C(C)=O)c4cc(-c5cnc(C)nc5)ccc43)[C@@H]1C2. The number of hydrogen-bond donors (Lipinski definition) is 3. The van der Waals surface area contributed by atoms with Crippen LogP contribution in [0.15, 0.2) is 59.5 Å². The second-order valence-electron chi connectivity index (χ2n) is 13.8. The Morgan fingerprint density at radius 2 is 1.83 bits per heavy atom. The summed E-state index contributed by atoms with van der Waals surface area (Å²) in [5, 5.41) is 13.7.